The fourth-order valence-corrected chi connectivity index (χ4v) is 6.03. The monoisotopic (exact) mass is 521 g/mol. The van der Waals surface area contributed by atoms with Crippen LogP contribution in [-0.4, -0.2) is 9.13 Å². The molecule has 1 aromatic heterocycles. The Kier molecular flexibility index (Phi) is 5.35. The van der Waals surface area contributed by atoms with E-state index in [1.807, 2.05) is 78.9 Å². The van der Waals surface area contributed by atoms with Crippen molar-refractivity contribution in [3.05, 3.63) is 159 Å². The third-order valence-electron chi connectivity index (χ3n) is 7.95. The van der Waals surface area contributed by atoms with E-state index in [1.54, 1.807) is 4.57 Å². The molecule has 7 rings (SSSR count). The van der Waals surface area contributed by atoms with Gasteiger partial charge in [-0.05, 0) is 71.8 Å². The van der Waals surface area contributed by atoms with Crippen LogP contribution in [0.5, 0.6) is 0 Å². The number of hydrogen-bond donors (Lipinski definition) is 0. The summed E-state index contributed by atoms with van der Waals surface area (Å²) in [6.07, 6.45) is 0. The number of fused-ring (bicyclic) bond motifs is 3. The lowest BCUT2D eigenvalue weighted by atomic mass is 9.73. The predicted octanol–water partition coefficient (Wildman–Crippen LogP) is 7.25. The van der Waals surface area contributed by atoms with Crippen molar-refractivity contribution in [1.82, 2.24) is 9.13 Å². The molecular weight excluding hydrogens is 494 g/mol. The maximum atomic E-state index is 13.8. The van der Waals surface area contributed by atoms with E-state index in [0.29, 0.717) is 22.4 Å². The van der Waals surface area contributed by atoms with Crippen LogP contribution in [0.25, 0.3) is 22.4 Å². The molecule has 0 saturated heterocycles. The fourth-order valence-electron chi connectivity index (χ4n) is 6.03. The number of anilines is 3. The number of nitrogens with zero attached hydrogens (tertiary/aromatic N) is 3. The van der Waals surface area contributed by atoms with E-state index >= 15 is 0 Å². The summed E-state index contributed by atoms with van der Waals surface area (Å²) >= 11 is 0. The Balaban J connectivity index is 1.51. The first-order valence-corrected chi connectivity index (χ1v) is 13.4. The smallest absolute Gasteiger partial charge is 0.310 e. The Morgan fingerprint density at radius 2 is 0.975 bits per heavy atom. The molecule has 0 unspecified atom stereocenters. The van der Waals surface area contributed by atoms with Gasteiger partial charge in [0.1, 0.15) is 0 Å². The van der Waals surface area contributed by atoms with Crippen LogP contribution in [0, 0.1) is 0 Å². The summed E-state index contributed by atoms with van der Waals surface area (Å²) in [5.41, 5.74) is 6.67. The first-order valence-electron chi connectivity index (χ1n) is 13.4. The fraction of sp³-hybridized carbons (Fsp3) is 0.0857. The van der Waals surface area contributed by atoms with Crippen LogP contribution in [0.1, 0.15) is 25.0 Å². The van der Waals surface area contributed by atoms with Crippen molar-refractivity contribution in [1.29, 1.82) is 0 Å². The predicted molar refractivity (Wildman–Crippen MR) is 162 cm³/mol. The molecule has 1 aliphatic rings. The molecule has 5 nitrogen and oxygen atoms in total. The van der Waals surface area contributed by atoms with E-state index in [4.69, 9.17) is 0 Å². The lowest BCUT2D eigenvalue weighted by Gasteiger charge is -2.42. The maximum absolute atomic E-state index is 13.8. The summed E-state index contributed by atoms with van der Waals surface area (Å²) < 4.78 is 3.06. The molecule has 0 radical (unpaired) electrons. The van der Waals surface area contributed by atoms with Crippen LogP contribution in [0.3, 0.4) is 0 Å². The number of benzene rings is 5. The highest BCUT2D eigenvalue weighted by atomic mass is 16.2. The second kappa shape index (κ2) is 8.95. The Morgan fingerprint density at radius 3 is 1.62 bits per heavy atom. The third kappa shape index (κ3) is 3.48. The van der Waals surface area contributed by atoms with Gasteiger partial charge in [0.2, 0.25) is 0 Å². The van der Waals surface area contributed by atoms with Crippen LogP contribution in [0.2, 0.25) is 0 Å². The topological polar surface area (TPSA) is 47.2 Å². The van der Waals surface area contributed by atoms with Gasteiger partial charge in [-0.1, -0.05) is 80.6 Å². The lowest BCUT2D eigenvalue weighted by molar-refractivity contribution is 0.631. The van der Waals surface area contributed by atoms with Crippen LogP contribution >= 0.6 is 0 Å². The second-order valence-electron chi connectivity index (χ2n) is 10.6. The Hall–Kier alpha value is -5.16. The van der Waals surface area contributed by atoms with Gasteiger partial charge in [-0.3, -0.25) is 18.7 Å². The molecule has 194 valence electrons. The van der Waals surface area contributed by atoms with Crippen LogP contribution < -0.4 is 16.0 Å². The Morgan fingerprint density at radius 1 is 0.475 bits per heavy atom. The number of rotatable bonds is 3. The molecule has 40 heavy (non-hydrogen) atoms. The van der Waals surface area contributed by atoms with Gasteiger partial charge in [0, 0.05) is 22.5 Å². The third-order valence-corrected chi connectivity index (χ3v) is 7.95. The molecule has 1 aliphatic heterocycles. The van der Waals surface area contributed by atoms with Crippen molar-refractivity contribution < 1.29 is 0 Å². The van der Waals surface area contributed by atoms with Gasteiger partial charge in [-0.25, -0.2) is 0 Å². The molecule has 0 fully saturated rings. The van der Waals surface area contributed by atoms with Gasteiger partial charge >= 0.3 is 11.1 Å². The Labute approximate surface area is 231 Å². The summed E-state index contributed by atoms with van der Waals surface area (Å²) in [4.78, 5) is 29.7. The highest BCUT2D eigenvalue weighted by Crippen LogP contribution is 2.52. The summed E-state index contributed by atoms with van der Waals surface area (Å²) in [5, 5.41) is 0. The van der Waals surface area contributed by atoms with Crippen molar-refractivity contribution in [2.24, 2.45) is 0 Å². The molecule has 0 amide bonds. The summed E-state index contributed by atoms with van der Waals surface area (Å²) in [6, 6.07) is 41.7. The first-order chi connectivity index (χ1) is 19.5. The SMILES string of the molecule is CC1(C)c2ccccc2N(c2ccccc2)c2ccc(-n3c(=O)c(=O)n(-c4ccccc4)c4ccccc43)cc21. The first kappa shape index (κ1) is 23.9. The minimum absolute atomic E-state index is 0.342. The van der Waals surface area contributed by atoms with Crippen LogP contribution in [0.15, 0.2) is 137 Å². The number of para-hydroxylation sites is 5. The van der Waals surface area contributed by atoms with Gasteiger partial charge in [0.25, 0.3) is 0 Å². The van der Waals surface area contributed by atoms with E-state index in [0.717, 1.165) is 22.6 Å². The second-order valence-corrected chi connectivity index (χ2v) is 10.6. The summed E-state index contributed by atoms with van der Waals surface area (Å²) in [7, 11) is 0. The van der Waals surface area contributed by atoms with Crippen LogP contribution in [-0.2, 0) is 5.41 Å². The molecule has 0 spiro atoms. The van der Waals surface area contributed by atoms with Gasteiger partial charge in [-0.15, -0.1) is 0 Å². The van der Waals surface area contributed by atoms with Gasteiger partial charge in [-0.2, -0.15) is 0 Å². The van der Waals surface area contributed by atoms with Crippen molar-refractivity contribution in [3.63, 3.8) is 0 Å². The van der Waals surface area contributed by atoms with E-state index in [1.165, 1.54) is 10.1 Å². The van der Waals surface area contributed by atoms with Crippen molar-refractivity contribution in [2.45, 2.75) is 19.3 Å². The van der Waals surface area contributed by atoms with E-state index in [2.05, 4.69) is 67.3 Å². The number of aromatic nitrogens is 2. The number of hydrogen-bond acceptors (Lipinski definition) is 3. The molecule has 2 heterocycles. The zero-order valence-corrected chi connectivity index (χ0v) is 22.3. The molecule has 5 aromatic carbocycles. The van der Waals surface area contributed by atoms with Gasteiger partial charge in [0.15, 0.2) is 0 Å². The molecular formula is C35H27N3O2. The molecule has 5 heteroatoms. The standard InChI is InChI=1S/C35H27N3O2/c1-35(2)27-17-9-10-18-29(27)36(24-13-5-3-6-14-24)30-22-21-26(23-28(30)35)38-32-20-12-11-19-31(32)37(33(39)34(38)40)25-15-7-4-8-16-25/h3-23H,1-2H3. The highest BCUT2D eigenvalue weighted by molar-refractivity contribution is 5.87. The minimum atomic E-state index is -0.587. The molecule has 0 atom stereocenters. The van der Waals surface area contributed by atoms with Crippen molar-refractivity contribution in [2.75, 3.05) is 4.90 Å². The lowest BCUT2D eigenvalue weighted by Crippen LogP contribution is -2.40. The molecule has 6 aromatic rings. The van der Waals surface area contributed by atoms with E-state index < -0.39 is 11.1 Å². The zero-order chi connectivity index (χ0) is 27.4. The molecule has 0 bridgehead atoms. The largest absolute Gasteiger partial charge is 0.321 e. The summed E-state index contributed by atoms with van der Waals surface area (Å²) in [5.74, 6) is 0. The van der Waals surface area contributed by atoms with Crippen LogP contribution in [0.4, 0.5) is 17.1 Å². The highest BCUT2D eigenvalue weighted by Gasteiger charge is 2.37. The average molecular weight is 522 g/mol. The van der Waals surface area contributed by atoms with Gasteiger partial charge in [0.05, 0.1) is 22.4 Å². The maximum Gasteiger partial charge on any atom is 0.321 e. The molecule has 0 aliphatic carbocycles. The van der Waals surface area contributed by atoms with Gasteiger partial charge < -0.3 is 4.90 Å². The van der Waals surface area contributed by atoms with Crippen molar-refractivity contribution in [3.8, 4) is 11.4 Å². The van der Waals surface area contributed by atoms with E-state index in [9.17, 15) is 9.59 Å². The normalized spacial score (nSPS) is 13.6. The summed E-state index contributed by atoms with van der Waals surface area (Å²) in [6.45, 7) is 4.43. The molecule has 0 saturated carbocycles. The Bertz CT molecular complexity index is 2020. The zero-order valence-electron chi connectivity index (χ0n) is 22.3. The quantitative estimate of drug-likeness (QED) is 0.231. The van der Waals surface area contributed by atoms with Crippen molar-refractivity contribution >= 4 is 28.1 Å². The minimum Gasteiger partial charge on any atom is -0.310 e. The molecule has 0 N–H and O–H groups in total. The average Bonchev–Trinajstić information content (AvgIpc) is 2.99. The van der Waals surface area contributed by atoms with E-state index in [-0.39, 0.29) is 5.41 Å².